The highest BCUT2D eigenvalue weighted by molar-refractivity contribution is 5.93. The molecule has 0 radical (unpaired) electrons. The van der Waals surface area contributed by atoms with Crippen LogP contribution < -0.4 is 14.8 Å². The largest absolute Gasteiger partial charge is 0.497 e. The van der Waals surface area contributed by atoms with E-state index in [-0.39, 0.29) is 24.9 Å². The number of hydrogen-bond acceptors (Lipinski definition) is 6. The predicted octanol–water partition coefficient (Wildman–Crippen LogP) is 3.65. The molecule has 0 aliphatic carbocycles. The smallest absolute Gasteiger partial charge is 0.250 e. The van der Waals surface area contributed by atoms with Gasteiger partial charge < -0.3 is 24.1 Å². The van der Waals surface area contributed by atoms with Crippen molar-refractivity contribution >= 4 is 11.6 Å². The topological polar surface area (TPSA) is 82.8 Å². The second-order valence-corrected chi connectivity index (χ2v) is 5.80. The third kappa shape index (κ3) is 4.86. The molecule has 0 aliphatic heterocycles. The number of hydrogen-bond donors (Lipinski definition) is 1. The van der Waals surface area contributed by atoms with E-state index in [4.69, 9.17) is 18.7 Å². The fraction of sp³-hybridized carbons (Fsp3) is 0.200. The molecule has 7 nitrogen and oxygen atoms in total. The Hall–Kier alpha value is -3.39. The van der Waals surface area contributed by atoms with Crippen LogP contribution in [0.3, 0.4) is 0 Å². The molecule has 1 N–H and O–H groups in total. The number of amides is 1. The monoisotopic (exact) mass is 386 g/mol. The first-order valence-corrected chi connectivity index (χ1v) is 8.40. The first kappa shape index (κ1) is 19.4. The molecule has 1 amide bonds. The summed E-state index contributed by atoms with van der Waals surface area (Å²) in [4.78, 5) is 12.1. The Morgan fingerprint density at radius 3 is 2.61 bits per heavy atom. The number of nitrogens with zero attached hydrogens (tertiary/aromatic N) is 1. The summed E-state index contributed by atoms with van der Waals surface area (Å²) in [5, 5.41) is 6.59. The number of benzene rings is 2. The molecule has 0 saturated heterocycles. The van der Waals surface area contributed by atoms with Gasteiger partial charge in [-0.15, -0.1) is 0 Å². The van der Waals surface area contributed by atoms with Crippen molar-refractivity contribution in [2.24, 2.45) is 0 Å². The van der Waals surface area contributed by atoms with Gasteiger partial charge in [-0.1, -0.05) is 5.16 Å². The Morgan fingerprint density at radius 2 is 1.89 bits per heavy atom. The van der Waals surface area contributed by atoms with Crippen molar-refractivity contribution < 1.29 is 27.9 Å². The van der Waals surface area contributed by atoms with Crippen LogP contribution in [0, 0.1) is 5.82 Å². The standard InChI is InChI=1S/C20H19FN2O5/c1-25-16-7-8-17(19(10-16)26-2)22-20(24)12-27-11-15-9-18(28-23-15)13-3-5-14(21)6-4-13/h3-10H,11-12H2,1-2H3,(H,22,24). The minimum Gasteiger partial charge on any atom is -0.497 e. The fourth-order valence-corrected chi connectivity index (χ4v) is 2.47. The molecule has 0 atom stereocenters. The van der Waals surface area contributed by atoms with Gasteiger partial charge in [-0.3, -0.25) is 4.79 Å². The van der Waals surface area contributed by atoms with E-state index in [2.05, 4.69) is 10.5 Å². The minimum absolute atomic E-state index is 0.0951. The molecule has 146 valence electrons. The van der Waals surface area contributed by atoms with Crippen LogP contribution >= 0.6 is 0 Å². The lowest BCUT2D eigenvalue weighted by Crippen LogP contribution is -2.18. The first-order valence-electron chi connectivity index (χ1n) is 8.40. The second kappa shape index (κ2) is 9.01. The molecule has 0 saturated carbocycles. The van der Waals surface area contributed by atoms with Gasteiger partial charge in [0, 0.05) is 17.7 Å². The zero-order chi connectivity index (χ0) is 19.9. The van der Waals surface area contributed by atoms with Crippen LogP contribution in [0.15, 0.2) is 53.1 Å². The van der Waals surface area contributed by atoms with Crippen LogP contribution in [-0.4, -0.2) is 31.9 Å². The lowest BCUT2D eigenvalue weighted by atomic mass is 10.1. The summed E-state index contributed by atoms with van der Waals surface area (Å²) in [6.07, 6.45) is 0. The maximum atomic E-state index is 13.0. The Morgan fingerprint density at radius 1 is 1.11 bits per heavy atom. The van der Waals surface area contributed by atoms with Gasteiger partial charge in [-0.05, 0) is 36.4 Å². The van der Waals surface area contributed by atoms with Crippen molar-refractivity contribution in [3.8, 4) is 22.8 Å². The number of anilines is 1. The molecule has 3 aromatic rings. The summed E-state index contributed by atoms with van der Waals surface area (Å²) >= 11 is 0. The quantitative estimate of drug-likeness (QED) is 0.636. The van der Waals surface area contributed by atoms with E-state index >= 15 is 0 Å². The lowest BCUT2D eigenvalue weighted by Gasteiger charge is -2.11. The van der Waals surface area contributed by atoms with Crippen molar-refractivity contribution in [1.82, 2.24) is 5.16 Å². The number of halogens is 1. The highest BCUT2D eigenvalue weighted by atomic mass is 19.1. The molecule has 8 heteroatoms. The van der Waals surface area contributed by atoms with E-state index in [1.54, 1.807) is 43.5 Å². The van der Waals surface area contributed by atoms with E-state index in [1.807, 2.05) is 0 Å². The van der Waals surface area contributed by atoms with Gasteiger partial charge >= 0.3 is 0 Å². The second-order valence-electron chi connectivity index (χ2n) is 5.80. The third-order valence-corrected chi connectivity index (χ3v) is 3.85. The van der Waals surface area contributed by atoms with Gasteiger partial charge in [-0.25, -0.2) is 4.39 Å². The van der Waals surface area contributed by atoms with Crippen LogP contribution in [0.4, 0.5) is 10.1 Å². The van der Waals surface area contributed by atoms with Gasteiger partial charge in [-0.2, -0.15) is 0 Å². The molecule has 1 heterocycles. The number of ether oxygens (including phenoxy) is 3. The van der Waals surface area contributed by atoms with E-state index in [0.29, 0.717) is 34.2 Å². The summed E-state index contributed by atoms with van der Waals surface area (Å²) in [5.41, 5.74) is 1.73. The van der Waals surface area contributed by atoms with Gasteiger partial charge in [0.05, 0.1) is 26.5 Å². The van der Waals surface area contributed by atoms with Gasteiger partial charge in [0.1, 0.15) is 29.6 Å². The number of carbonyl (C=O) groups is 1. The number of methoxy groups -OCH3 is 2. The number of aromatic nitrogens is 1. The number of nitrogens with one attached hydrogen (secondary N) is 1. The van der Waals surface area contributed by atoms with Crippen LogP contribution in [0.5, 0.6) is 11.5 Å². The molecule has 0 fully saturated rings. The zero-order valence-electron chi connectivity index (χ0n) is 15.4. The molecule has 1 aromatic heterocycles. The van der Waals surface area contributed by atoms with Crippen molar-refractivity contribution in [2.75, 3.05) is 26.1 Å². The normalized spacial score (nSPS) is 10.5. The van der Waals surface area contributed by atoms with E-state index < -0.39 is 0 Å². The van der Waals surface area contributed by atoms with Gasteiger partial charge in [0.25, 0.3) is 0 Å². The lowest BCUT2D eigenvalue weighted by molar-refractivity contribution is -0.121. The molecule has 0 aliphatic rings. The van der Waals surface area contributed by atoms with Crippen LogP contribution in [0.2, 0.25) is 0 Å². The third-order valence-electron chi connectivity index (χ3n) is 3.85. The molecule has 0 unspecified atom stereocenters. The summed E-state index contributed by atoms with van der Waals surface area (Å²) in [5.74, 6) is 0.922. The van der Waals surface area contributed by atoms with Crippen LogP contribution in [0.25, 0.3) is 11.3 Å². The van der Waals surface area contributed by atoms with Crippen molar-refractivity contribution in [3.63, 3.8) is 0 Å². The summed E-state index contributed by atoms with van der Waals surface area (Å²) in [6, 6.07) is 12.6. The average Bonchev–Trinajstić information content (AvgIpc) is 3.17. The Labute approximate surface area is 161 Å². The zero-order valence-corrected chi connectivity index (χ0v) is 15.4. The Kier molecular flexibility index (Phi) is 6.23. The highest BCUT2D eigenvalue weighted by Gasteiger charge is 2.11. The summed E-state index contributed by atoms with van der Waals surface area (Å²) < 4.78 is 33.9. The van der Waals surface area contributed by atoms with Crippen molar-refractivity contribution in [2.45, 2.75) is 6.61 Å². The van der Waals surface area contributed by atoms with Crippen LogP contribution in [0.1, 0.15) is 5.69 Å². The molecule has 0 spiro atoms. The van der Waals surface area contributed by atoms with Crippen LogP contribution in [-0.2, 0) is 16.1 Å². The first-order chi connectivity index (χ1) is 13.6. The SMILES string of the molecule is COc1ccc(NC(=O)COCc2cc(-c3ccc(F)cc3)on2)c(OC)c1. The number of rotatable bonds is 8. The maximum absolute atomic E-state index is 13.0. The minimum atomic E-state index is -0.342. The predicted molar refractivity (Wildman–Crippen MR) is 99.7 cm³/mol. The van der Waals surface area contributed by atoms with Gasteiger partial charge in [0.2, 0.25) is 5.91 Å². The van der Waals surface area contributed by atoms with Crippen molar-refractivity contribution in [1.29, 1.82) is 0 Å². The molecule has 28 heavy (non-hydrogen) atoms. The maximum Gasteiger partial charge on any atom is 0.250 e. The van der Waals surface area contributed by atoms with E-state index in [9.17, 15) is 9.18 Å². The number of carbonyl (C=O) groups excluding carboxylic acids is 1. The summed E-state index contributed by atoms with van der Waals surface area (Å²) in [7, 11) is 3.05. The molecular weight excluding hydrogens is 367 g/mol. The van der Waals surface area contributed by atoms with Crippen molar-refractivity contribution in [3.05, 3.63) is 60.0 Å². The Balaban J connectivity index is 1.51. The average molecular weight is 386 g/mol. The summed E-state index contributed by atoms with van der Waals surface area (Å²) in [6.45, 7) is -0.0776. The molecular formula is C20H19FN2O5. The van der Waals surface area contributed by atoms with E-state index in [0.717, 1.165) is 0 Å². The highest BCUT2D eigenvalue weighted by Crippen LogP contribution is 2.29. The molecule has 3 rings (SSSR count). The molecule has 2 aromatic carbocycles. The van der Waals surface area contributed by atoms with E-state index in [1.165, 1.54) is 19.2 Å². The van der Waals surface area contributed by atoms with Gasteiger partial charge in [0.15, 0.2) is 5.76 Å². The fourth-order valence-electron chi connectivity index (χ4n) is 2.47. The Bertz CT molecular complexity index is 940. The molecule has 0 bridgehead atoms.